The first kappa shape index (κ1) is 12.8. The van der Waals surface area contributed by atoms with E-state index in [4.69, 9.17) is 11.6 Å². The van der Waals surface area contributed by atoms with Gasteiger partial charge in [-0.1, -0.05) is 41.9 Å². The van der Waals surface area contributed by atoms with Gasteiger partial charge in [-0.2, -0.15) is 0 Å². The van der Waals surface area contributed by atoms with Crippen molar-refractivity contribution in [2.45, 2.75) is 6.92 Å². The number of ketones is 1. The van der Waals surface area contributed by atoms with Crippen molar-refractivity contribution in [3.63, 3.8) is 0 Å². The lowest BCUT2D eigenvalue weighted by Crippen LogP contribution is -2.04. The topological polar surface area (TPSA) is 30.0 Å². The molecule has 2 aromatic carbocycles. The molecule has 0 fully saturated rings. The molecule has 0 saturated heterocycles. The number of fused-ring (bicyclic) bond motifs is 1. The number of carbonyl (C=O) groups is 1. The number of aromatic nitrogens is 1. The molecule has 1 heterocycles. The molecule has 0 aliphatic rings. The predicted octanol–water partition coefficient (Wildman–Crippen LogP) is 4.43. The number of benzene rings is 2. The van der Waals surface area contributed by atoms with Crippen LogP contribution < -0.4 is 0 Å². The Labute approximate surface area is 122 Å². The van der Waals surface area contributed by atoms with E-state index in [1.807, 2.05) is 43.3 Å². The summed E-state index contributed by atoms with van der Waals surface area (Å²) in [6.45, 7) is 1.89. The third-order valence-corrected chi connectivity index (χ3v) is 3.87. The van der Waals surface area contributed by atoms with Gasteiger partial charge in [0.15, 0.2) is 5.78 Å². The molecule has 0 aliphatic carbocycles. The van der Waals surface area contributed by atoms with Crippen molar-refractivity contribution < 1.29 is 4.79 Å². The van der Waals surface area contributed by atoms with Crippen LogP contribution in [0.5, 0.6) is 0 Å². The second-order valence-electron chi connectivity index (χ2n) is 4.67. The van der Waals surface area contributed by atoms with Crippen LogP contribution in [0.15, 0.2) is 54.9 Å². The van der Waals surface area contributed by atoms with Crippen LogP contribution in [0.2, 0.25) is 5.02 Å². The molecule has 1 aromatic heterocycles. The first-order chi connectivity index (χ1) is 9.68. The average Bonchev–Trinajstić information content (AvgIpc) is 2.49. The van der Waals surface area contributed by atoms with Crippen molar-refractivity contribution in [2.75, 3.05) is 0 Å². The fourth-order valence-electron chi connectivity index (χ4n) is 2.28. The Bertz CT molecular complexity index is 806. The van der Waals surface area contributed by atoms with E-state index in [0.717, 1.165) is 16.3 Å². The molecule has 0 N–H and O–H groups in total. The highest BCUT2D eigenvalue weighted by Crippen LogP contribution is 2.26. The van der Waals surface area contributed by atoms with Crippen LogP contribution in [0.4, 0.5) is 0 Å². The number of pyridine rings is 1. The third-order valence-electron chi connectivity index (χ3n) is 3.36. The van der Waals surface area contributed by atoms with Crippen molar-refractivity contribution in [2.24, 2.45) is 0 Å². The molecule has 98 valence electrons. The van der Waals surface area contributed by atoms with Crippen molar-refractivity contribution in [1.82, 2.24) is 4.98 Å². The maximum atomic E-state index is 12.7. The highest BCUT2D eigenvalue weighted by Gasteiger charge is 2.16. The third kappa shape index (κ3) is 2.08. The summed E-state index contributed by atoms with van der Waals surface area (Å²) in [5, 5.41) is 2.35. The minimum absolute atomic E-state index is 0.0719. The summed E-state index contributed by atoms with van der Waals surface area (Å²) in [6.07, 6.45) is 3.43. The number of nitrogens with zero attached hydrogens (tertiary/aromatic N) is 1. The fourth-order valence-corrected chi connectivity index (χ4v) is 2.49. The molecular formula is C17H12ClNO. The predicted molar refractivity (Wildman–Crippen MR) is 81.4 cm³/mol. The molecule has 0 aliphatic heterocycles. The second-order valence-corrected chi connectivity index (χ2v) is 5.05. The summed E-state index contributed by atoms with van der Waals surface area (Å²) in [6, 6.07) is 13.0. The van der Waals surface area contributed by atoms with Crippen LogP contribution >= 0.6 is 11.6 Å². The fraction of sp³-hybridized carbons (Fsp3) is 0.0588. The van der Waals surface area contributed by atoms with E-state index in [1.54, 1.807) is 18.5 Å². The Morgan fingerprint density at radius 1 is 1.05 bits per heavy atom. The zero-order valence-electron chi connectivity index (χ0n) is 10.9. The Hall–Kier alpha value is -2.19. The van der Waals surface area contributed by atoms with E-state index in [1.165, 1.54) is 0 Å². The molecular weight excluding hydrogens is 270 g/mol. The monoisotopic (exact) mass is 281 g/mol. The lowest BCUT2D eigenvalue weighted by atomic mass is 9.97. The van der Waals surface area contributed by atoms with Gasteiger partial charge in [-0.15, -0.1) is 0 Å². The summed E-state index contributed by atoms with van der Waals surface area (Å²) in [7, 11) is 0. The minimum atomic E-state index is -0.0719. The van der Waals surface area contributed by atoms with Crippen LogP contribution in [-0.2, 0) is 0 Å². The molecule has 0 saturated carbocycles. The van der Waals surface area contributed by atoms with E-state index in [2.05, 4.69) is 4.98 Å². The number of hydrogen-bond acceptors (Lipinski definition) is 2. The first-order valence-corrected chi connectivity index (χ1v) is 6.69. The lowest BCUT2D eigenvalue weighted by Gasteiger charge is -2.08. The van der Waals surface area contributed by atoms with E-state index in [-0.39, 0.29) is 5.78 Å². The molecule has 3 aromatic rings. The van der Waals surface area contributed by atoms with Crippen LogP contribution in [-0.4, -0.2) is 10.8 Å². The smallest absolute Gasteiger partial charge is 0.195 e. The van der Waals surface area contributed by atoms with Gasteiger partial charge in [0, 0.05) is 28.9 Å². The maximum Gasteiger partial charge on any atom is 0.195 e. The number of halogens is 1. The van der Waals surface area contributed by atoms with Crippen LogP contribution in [0.25, 0.3) is 10.8 Å². The number of hydrogen-bond donors (Lipinski definition) is 0. The lowest BCUT2D eigenvalue weighted by molar-refractivity contribution is 0.104. The van der Waals surface area contributed by atoms with Gasteiger partial charge >= 0.3 is 0 Å². The molecule has 0 radical (unpaired) electrons. The molecule has 20 heavy (non-hydrogen) atoms. The van der Waals surface area contributed by atoms with E-state index < -0.39 is 0 Å². The normalized spacial score (nSPS) is 10.7. The van der Waals surface area contributed by atoms with Crippen LogP contribution in [0.1, 0.15) is 21.5 Å². The summed E-state index contributed by atoms with van der Waals surface area (Å²) in [5.74, 6) is -0.0719. The maximum absolute atomic E-state index is 12.7. The van der Waals surface area contributed by atoms with Crippen LogP contribution in [0.3, 0.4) is 0 Å². The summed E-state index contributed by atoms with van der Waals surface area (Å²) in [5.41, 5.74) is 2.06. The van der Waals surface area contributed by atoms with Gasteiger partial charge in [-0.05, 0) is 30.0 Å². The van der Waals surface area contributed by atoms with Gasteiger partial charge in [-0.25, -0.2) is 0 Å². The highest BCUT2D eigenvalue weighted by atomic mass is 35.5. The Kier molecular flexibility index (Phi) is 3.25. The molecule has 0 atom stereocenters. The average molecular weight is 282 g/mol. The Balaban J connectivity index is 2.21. The van der Waals surface area contributed by atoms with Crippen molar-refractivity contribution in [3.05, 3.63) is 76.6 Å². The van der Waals surface area contributed by atoms with Gasteiger partial charge in [0.1, 0.15) is 0 Å². The minimum Gasteiger partial charge on any atom is -0.289 e. The summed E-state index contributed by atoms with van der Waals surface area (Å²) >= 11 is 6.25. The van der Waals surface area contributed by atoms with Gasteiger partial charge in [-0.3, -0.25) is 9.78 Å². The summed E-state index contributed by atoms with van der Waals surface area (Å²) < 4.78 is 0. The van der Waals surface area contributed by atoms with Crippen molar-refractivity contribution >= 4 is 28.2 Å². The molecule has 0 bridgehead atoms. The van der Waals surface area contributed by atoms with Crippen molar-refractivity contribution in [3.8, 4) is 0 Å². The van der Waals surface area contributed by atoms with E-state index >= 15 is 0 Å². The standard InChI is InChI=1S/C17H12ClNO/c1-11-4-2-7-14(16(11)18)17(20)13-6-3-5-12-8-9-19-10-15(12)13/h2-10H,1H3. The Morgan fingerprint density at radius 3 is 2.65 bits per heavy atom. The van der Waals surface area contributed by atoms with Crippen LogP contribution in [0, 0.1) is 6.92 Å². The zero-order valence-corrected chi connectivity index (χ0v) is 11.7. The van der Waals surface area contributed by atoms with Gasteiger partial charge in [0.05, 0.1) is 5.02 Å². The largest absolute Gasteiger partial charge is 0.289 e. The number of carbonyl (C=O) groups excluding carboxylic acids is 1. The number of aryl methyl sites for hydroxylation is 1. The Morgan fingerprint density at radius 2 is 1.80 bits per heavy atom. The molecule has 3 rings (SSSR count). The number of rotatable bonds is 2. The van der Waals surface area contributed by atoms with Gasteiger partial charge in [0.25, 0.3) is 0 Å². The zero-order chi connectivity index (χ0) is 14.1. The molecule has 2 nitrogen and oxygen atoms in total. The van der Waals surface area contributed by atoms with Gasteiger partial charge in [0.2, 0.25) is 0 Å². The molecule has 3 heteroatoms. The van der Waals surface area contributed by atoms with E-state index in [9.17, 15) is 4.79 Å². The van der Waals surface area contributed by atoms with Gasteiger partial charge < -0.3 is 0 Å². The van der Waals surface area contributed by atoms with E-state index in [0.29, 0.717) is 16.1 Å². The molecule has 0 spiro atoms. The highest BCUT2D eigenvalue weighted by molar-refractivity contribution is 6.36. The quantitative estimate of drug-likeness (QED) is 0.651. The summed E-state index contributed by atoms with van der Waals surface area (Å²) in [4.78, 5) is 16.8. The molecule has 0 unspecified atom stereocenters. The second kappa shape index (κ2) is 5.06. The SMILES string of the molecule is Cc1cccc(C(=O)c2cccc3ccncc23)c1Cl. The first-order valence-electron chi connectivity index (χ1n) is 6.31. The molecule has 0 amide bonds. The van der Waals surface area contributed by atoms with Crippen molar-refractivity contribution in [1.29, 1.82) is 0 Å².